The fourth-order valence-electron chi connectivity index (χ4n) is 2.55. The van der Waals surface area contributed by atoms with Gasteiger partial charge in [0.05, 0.1) is 31.8 Å². The molecule has 2 aromatic rings. The summed E-state index contributed by atoms with van der Waals surface area (Å²) < 4.78 is 15.8. The Morgan fingerprint density at radius 3 is 2.32 bits per heavy atom. The van der Waals surface area contributed by atoms with Crippen LogP contribution in [0, 0.1) is 17.0 Å². The maximum Gasteiger partial charge on any atom is 0.286 e. The van der Waals surface area contributed by atoms with Crippen LogP contribution in [0.3, 0.4) is 0 Å². The third kappa shape index (κ3) is 5.60. The molecule has 0 atom stereocenters. The number of hydrogen-bond donors (Lipinski definition) is 1. The number of nitro benzene ring substituents is 1. The van der Waals surface area contributed by atoms with E-state index in [0.29, 0.717) is 19.6 Å². The summed E-state index contributed by atoms with van der Waals surface area (Å²) >= 11 is 0. The highest BCUT2D eigenvalue weighted by molar-refractivity contribution is 5.99. The van der Waals surface area contributed by atoms with Crippen LogP contribution in [0.15, 0.2) is 36.4 Å². The number of carbonyl (C=O) groups excluding carboxylic acids is 1. The largest absolute Gasteiger partial charge is 0.494 e. The molecule has 0 saturated heterocycles. The lowest BCUT2D eigenvalue weighted by atomic mass is 10.1. The Balaban J connectivity index is 1.86. The average molecular weight is 388 g/mol. The molecule has 0 spiro atoms. The second-order valence-corrected chi connectivity index (χ2v) is 6.11. The Bertz CT molecular complexity index is 820. The molecular weight excluding hydrogens is 364 g/mol. The zero-order valence-electron chi connectivity index (χ0n) is 16.2. The van der Waals surface area contributed by atoms with Crippen molar-refractivity contribution in [1.82, 2.24) is 5.32 Å². The minimum atomic E-state index is -0.619. The Kier molecular flexibility index (Phi) is 7.62. The van der Waals surface area contributed by atoms with E-state index in [1.807, 2.05) is 31.2 Å². The number of amides is 1. The highest BCUT2D eigenvalue weighted by Crippen LogP contribution is 2.34. The molecule has 8 nitrogen and oxygen atoms in total. The van der Waals surface area contributed by atoms with E-state index in [1.54, 1.807) is 0 Å². The number of aryl methyl sites for hydroxylation is 1. The number of nitrogens with one attached hydrogen (secondary N) is 1. The van der Waals surface area contributed by atoms with Crippen molar-refractivity contribution in [3.8, 4) is 17.2 Å². The van der Waals surface area contributed by atoms with Gasteiger partial charge in [0.1, 0.15) is 11.3 Å². The van der Waals surface area contributed by atoms with Gasteiger partial charge in [-0.1, -0.05) is 17.7 Å². The van der Waals surface area contributed by atoms with Crippen LogP contribution in [0.25, 0.3) is 0 Å². The smallest absolute Gasteiger partial charge is 0.286 e. The molecule has 28 heavy (non-hydrogen) atoms. The van der Waals surface area contributed by atoms with Gasteiger partial charge in [0.25, 0.3) is 11.6 Å². The van der Waals surface area contributed by atoms with E-state index in [1.165, 1.54) is 31.9 Å². The molecule has 8 heteroatoms. The van der Waals surface area contributed by atoms with Gasteiger partial charge in [0, 0.05) is 12.6 Å². The molecule has 0 heterocycles. The summed E-state index contributed by atoms with van der Waals surface area (Å²) in [6.45, 7) is 2.91. The van der Waals surface area contributed by atoms with Crippen molar-refractivity contribution in [3.05, 3.63) is 57.6 Å². The molecule has 1 amide bonds. The van der Waals surface area contributed by atoms with Crippen LogP contribution in [-0.2, 0) is 0 Å². The lowest BCUT2D eigenvalue weighted by molar-refractivity contribution is -0.385. The first kappa shape index (κ1) is 21.0. The Morgan fingerprint density at radius 1 is 1.07 bits per heavy atom. The fourth-order valence-corrected chi connectivity index (χ4v) is 2.55. The molecule has 0 aliphatic rings. The lowest BCUT2D eigenvalue weighted by Gasteiger charge is -2.11. The Morgan fingerprint density at radius 2 is 1.71 bits per heavy atom. The van der Waals surface area contributed by atoms with Crippen molar-refractivity contribution in [2.24, 2.45) is 0 Å². The topological polar surface area (TPSA) is 99.9 Å². The van der Waals surface area contributed by atoms with Crippen molar-refractivity contribution in [2.75, 3.05) is 27.4 Å². The van der Waals surface area contributed by atoms with E-state index in [-0.39, 0.29) is 22.7 Å². The Hall–Kier alpha value is -3.29. The van der Waals surface area contributed by atoms with E-state index >= 15 is 0 Å². The highest BCUT2D eigenvalue weighted by atomic mass is 16.6. The SMILES string of the molecule is COc1cc(C(=O)NCCCCOc2ccc(C)cc2)c([N+](=O)[O-])cc1OC. The normalized spacial score (nSPS) is 10.2. The second kappa shape index (κ2) is 10.1. The third-order valence-corrected chi connectivity index (χ3v) is 4.09. The van der Waals surface area contributed by atoms with Gasteiger partial charge in [0.2, 0.25) is 0 Å². The molecule has 1 N–H and O–H groups in total. The summed E-state index contributed by atoms with van der Waals surface area (Å²) in [5.41, 5.74) is 0.760. The first-order chi connectivity index (χ1) is 13.5. The lowest BCUT2D eigenvalue weighted by Crippen LogP contribution is -2.25. The molecule has 2 rings (SSSR count). The molecule has 0 aliphatic heterocycles. The van der Waals surface area contributed by atoms with Gasteiger partial charge in [-0.25, -0.2) is 0 Å². The number of unbranched alkanes of at least 4 members (excludes halogenated alkanes) is 1. The molecular formula is C20H24N2O6. The molecule has 0 unspecified atom stereocenters. The quantitative estimate of drug-likeness (QED) is 0.380. The molecule has 2 aromatic carbocycles. The van der Waals surface area contributed by atoms with Crippen molar-refractivity contribution >= 4 is 11.6 Å². The first-order valence-electron chi connectivity index (χ1n) is 8.84. The minimum absolute atomic E-state index is 0.0708. The van der Waals surface area contributed by atoms with E-state index in [0.717, 1.165) is 12.2 Å². The first-order valence-corrected chi connectivity index (χ1v) is 8.84. The number of methoxy groups -OCH3 is 2. The van der Waals surface area contributed by atoms with Gasteiger partial charge in [-0.3, -0.25) is 14.9 Å². The maximum absolute atomic E-state index is 12.4. The van der Waals surface area contributed by atoms with Gasteiger partial charge >= 0.3 is 0 Å². The molecule has 0 radical (unpaired) electrons. The molecule has 0 bridgehead atoms. The van der Waals surface area contributed by atoms with Gasteiger partial charge in [-0.05, 0) is 31.9 Å². The van der Waals surface area contributed by atoms with E-state index in [4.69, 9.17) is 14.2 Å². The van der Waals surface area contributed by atoms with Crippen LogP contribution in [0.4, 0.5) is 5.69 Å². The summed E-state index contributed by atoms with van der Waals surface area (Å²) in [5.74, 6) is 0.714. The van der Waals surface area contributed by atoms with Gasteiger partial charge < -0.3 is 19.5 Å². The number of benzene rings is 2. The number of hydrogen-bond acceptors (Lipinski definition) is 6. The predicted molar refractivity (Wildman–Crippen MR) is 104 cm³/mol. The highest BCUT2D eigenvalue weighted by Gasteiger charge is 2.24. The van der Waals surface area contributed by atoms with Crippen LogP contribution >= 0.6 is 0 Å². The summed E-state index contributed by atoms with van der Waals surface area (Å²) in [5, 5.41) is 14.0. The van der Waals surface area contributed by atoms with Crippen LogP contribution in [0.2, 0.25) is 0 Å². The predicted octanol–water partition coefficient (Wildman–Crippen LogP) is 3.51. The van der Waals surface area contributed by atoms with Crippen molar-refractivity contribution < 1.29 is 23.9 Å². The maximum atomic E-state index is 12.4. The monoisotopic (exact) mass is 388 g/mol. The Labute approximate surface area is 163 Å². The van der Waals surface area contributed by atoms with Gasteiger partial charge in [0.15, 0.2) is 11.5 Å². The second-order valence-electron chi connectivity index (χ2n) is 6.11. The minimum Gasteiger partial charge on any atom is -0.494 e. The summed E-state index contributed by atoms with van der Waals surface area (Å²) in [6, 6.07) is 10.3. The van der Waals surface area contributed by atoms with Gasteiger partial charge in [-0.15, -0.1) is 0 Å². The summed E-state index contributed by atoms with van der Waals surface area (Å²) in [6.07, 6.45) is 1.42. The number of nitrogens with zero attached hydrogens (tertiary/aromatic N) is 1. The average Bonchev–Trinajstić information content (AvgIpc) is 2.70. The summed E-state index contributed by atoms with van der Waals surface area (Å²) in [7, 11) is 2.78. The van der Waals surface area contributed by atoms with Gasteiger partial charge in [-0.2, -0.15) is 0 Å². The molecule has 0 saturated carbocycles. The number of ether oxygens (including phenoxy) is 3. The molecule has 0 aliphatic carbocycles. The molecule has 0 fully saturated rings. The van der Waals surface area contributed by atoms with E-state index in [2.05, 4.69) is 5.32 Å². The molecule has 0 aromatic heterocycles. The fraction of sp³-hybridized carbons (Fsp3) is 0.350. The van der Waals surface area contributed by atoms with Crippen LogP contribution < -0.4 is 19.5 Å². The zero-order chi connectivity index (χ0) is 20.5. The van der Waals surface area contributed by atoms with Crippen molar-refractivity contribution in [3.63, 3.8) is 0 Å². The number of carbonyl (C=O) groups is 1. The van der Waals surface area contributed by atoms with E-state index in [9.17, 15) is 14.9 Å². The number of rotatable bonds is 10. The third-order valence-electron chi connectivity index (χ3n) is 4.09. The van der Waals surface area contributed by atoms with E-state index < -0.39 is 10.8 Å². The van der Waals surface area contributed by atoms with Crippen LogP contribution in [0.5, 0.6) is 17.2 Å². The molecule has 150 valence electrons. The zero-order valence-corrected chi connectivity index (χ0v) is 16.2. The van der Waals surface area contributed by atoms with Crippen LogP contribution in [-0.4, -0.2) is 38.2 Å². The standard InChI is InChI=1S/C20H24N2O6/c1-14-6-8-15(9-7-14)28-11-5-4-10-21-20(23)16-12-18(26-2)19(27-3)13-17(16)22(24)25/h6-9,12-13H,4-5,10-11H2,1-3H3,(H,21,23). The van der Waals surface area contributed by atoms with Crippen molar-refractivity contribution in [2.45, 2.75) is 19.8 Å². The van der Waals surface area contributed by atoms with Crippen LogP contribution in [0.1, 0.15) is 28.8 Å². The number of nitro groups is 1. The summed E-state index contributed by atoms with van der Waals surface area (Å²) in [4.78, 5) is 23.0. The van der Waals surface area contributed by atoms with Crippen molar-refractivity contribution in [1.29, 1.82) is 0 Å².